The number of hydrogen-bond donors (Lipinski definition) is 1. The van der Waals surface area contributed by atoms with Gasteiger partial charge < -0.3 is 19.5 Å². The molecule has 0 saturated heterocycles. The number of ether oxygens (including phenoxy) is 3. The van der Waals surface area contributed by atoms with Crippen LogP contribution in [0.5, 0.6) is 11.5 Å². The molecule has 0 radical (unpaired) electrons. The van der Waals surface area contributed by atoms with Gasteiger partial charge in [-0.2, -0.15) is 0 Å². The van der Waals surface area contributed by atoms with Gasteiger partial charge in [0.15, 0.2) is 0 Å². The van der Waals surface area contributed by atoms with Crippen molar-refractivity contribution < 1.29 is 23.8 Å². The summed E-state index contributed by atoms with van der Waals surface area (Å²) in [5.41, 5.74) is 5.62. The zero-order chi connectivity index (χ0) is 31.4. The number of amides is 1. The molecule has 1 N–H and O–H groups in total. The molecule has 0 spiro atoms. The van der Waals surface area contributed by atoms with E-state index in [1.165, 1.54) is 0 Å². The molecule has 0 aliphatic carbocycles. The first-order valence-corrected chi connectivity index (χ1v) is 15.1. The Bertz CT molecular complexity index is 1690. The molecule has 45 heavy (non-hydrogen) atoms. The third kappa shape index (κ3) is 8.83. The highest BCUT2D eigenvalue weighted by atomic mass is 16.5. The predicted octanol–water partition coefficient (Wildman–Crippen LogP) is 8.26. The Morgan fingerprint density at radius 1 is 0.600 bits per heavy atom. The molecule has 0 heterocycles. The van der Waals surface area contributed by atoms with Crippen molar-refractivity contribution in [3.63, 3.8) is 0 Å². The van der Waals surface area contributed by atoms with Gasteiger partial charge in [0.2, 0.25) is 0 Å². The molecule has 5 rings (SSSR count). The molecule has 228 valence electrons. The maximum atomic E-state index is 13.6. The first kappa shape index (κ1) is 31.1. The third-order valence-corrected chi connectivity index (χ3v) is 7.31. The quantitative estimate of drug-likeness (QED) is 0.138. The summed E-state index contributed by atoms with van der Waals surface area (Å²) >= 11 is 0. The molecule has 6 heteroatoms. The second kappa shape index (κ2) is 15.4. The zero-order valence-electron chi connectivity index (χ0n) is 25.6. The van der Waals surface area contributed by atoms with E-state index in [0.29, 0.717) is 35.8 Å². The number of esters is 1. The molecule has 0 fully saturated rings. The number of carbonyl (C=O) groups excluding carboxylic acids is 2. The van der Waals surface area contributed by atoms with Crippen molar-refractivity contribution in [1.82, 2.24) is 5.32 Å². The molecule has 0 aromatic heterocycles. The van der Waals surface area contributed by atoms with Crippen LogP contribution in [0.25, 0.3) is 0 Å². The molecule has 0 aliphatic heterocycles. The minimum atomic E-state index is -0.398. The lowest BCUT2D eigenvalue weighted by atomic mass is 9.98. The average Bonchev–Trinajstić information content (AvgIpc) is 3.09. The standard InChI is InChI=1S/C39H37NO5/c1-28(2)34-22-35(37(44-26-31-14-8-4-9-15-31)23-36(34)43-25-30-12-6-3-7-13-30)38(41)40-24-29-18-20-33(21-19-29)39(42)45-27-32-16-10-5-11-17-32/h3-23,28H,24-27H2,1-2H3,(H,40,41). The van der Waals surface area contributed by atoms with Crippen molar-refractivity contribution in [1.29, 1.82) is 0 Å². The molecule has 0 saturated carbocycles. The van der Waals surface area contributed by atoms with Gasteiger partial charge in [0, 0.05) is 12.6 Å². The smallest absolute Gasteiger partial charge is 0.338 e. The predicted molar refractivity (Wildman–Crippen MR) is 175 cm³/mol. The van der Waals surface area contributed by atoms with Crippen LogP contribution in [0.1, 0.15) is 68.3 Å². The number of nitrogens with one attached hydrogen (secondary N) is 1. The summed E-state index contributed by atoms with van der Waals surface area (Å²) in [4.78, 5) is 26.1. The average molecular weight is 600 g/mol. The molecule has 5 aromatic carbocycles. The SMILES string of the molecule is CC(C)c1cc(C(=O)NCc2ccc(C(=O)OCc3ccccc3)cc2)c(OCc2ccccc2)cc1OCc1ccccc1. The lowest BCUT2D eigenvalue weighted by Crippen LogP contribution is -2.24. The first-order valence-electron chi connectivity index (χ1n) is 15.1. The second-order valence-electron chi connectivity index (χ2n) is 11.0. The number of rotatable bonds is 13. The van der Waals surface area contributed by atoms with Crippen LogP contribution in [-0.2, 0) is 31.1 Å². The van der Waals surface area contributed by atoms with Crippen LogP contribution in [0.15, 0.2) is 127 Å². The van der Waals surface area contributed by atoms with Gasteiger partial charge in [-0.15, -0.1) is 0 Å². The van der Waals surface area contributed by atoms with Crippen molar-refractivity contribution in [2.24, 2.45) is 0 Å². The van der Waals surface area contributed by atoms with Gasteiger partial charge >= 0.3 is 5.97 Å². The van der Waals surface area contributed by atoms with E-state index in [-0.39, 0.29) is 25.0 Å². The van der Waals surface area contributed by atoms with E-state index in [9.17, 15) is 9.59 Å². The van der Waals surface area contributed by atoms with E-state index in [0.717, 1.165) is 27.8 Å². The van der Waals surface area contributed by atoms with Gasteiger partial charge in [-0.05, 0) is 51.9 Å². The molecular formula is C39H37NO5. The van der Waals surface area contributed by atoms with Crippen LogP contribution in [0.3, 0.4) is 0 Å². The van der Waals surface area contributed by atoms with Crippen LogP contribution >= 0.6 is 0 Å². The van der Waals surface area contributed by atoms with Gasteiger partial charge in [0.25, 0.3) is 5.91 Å². The molecule has 0 bridgehead atoms. The molecule has 1 amide bonds. The fourth-order valence-electron chi connectivity index (χ4n) is 4.76. The van der Waals surface area contributed by atoms with Crippen molar-refractivity contribution in [2.45, 2.75) is 46.1 Å². The van der Waals surface area contributed by atoms with E-state index >= 15 is 0 Å². The zero-order valence-corrected chi connectivity index (χ0v) is 25.6. The summed E-state index contributed by atoms with van der Waals surface area (Å²) < 4.78 is 17.9. The van der Waals surface area contributed by atoms with Crippen LogP contribution in [0.4, 0.5) is 0 Å². The Kier molecular flexibility index (Phi) is 10.6. The lowest BCUT2D eigenvalue weighted by molar-refractivity contribution is 0.0472. The maximum absolute atomic E-state index is 13.6. The van der Waals surface area contributed by atoms with Crippen molar-refractivity contribution >= 4 is 11.9 Å². The highest BCUT2D eigenvalue weighted by molar-refractivity contribution is 5.97. The van der Waals surface area contributed by atoms with Crippen molar-refractivity contribution in [3.05, 3.63) is 166 Å². The van der Waals surface area contributed by atoms with Gasteiger partial charge in [-0.25, -0.2) is 4.79 Å². The topological polar surface area (TPSA) is 73.9 Å². The monoisotopic (exact) mass is 599 g/mol. The van der Waals surface area contributed by atoms with Gasteiger partial charge in [-0.3, -0.25) is 4.79 Å². The number of benzene rings is 5. The fraction of sp³-hybridized carbons (Fsp3) is 0.179. The summed E-state index contributed by atoms with van der Waals surface area (Å²) in [6.45, 7) is 5.34. The van der Waals surface area contributed by atoms with Crippen LogP contribution in [-0.4, -0.2) is 11.9 Å². The van der Waals surface area contributed by atoms with Gasteiger partial charge in [0.1, 0.15) is 31.3 Å². The van der Waals surface area contributed by atoms with Gasteiger partial charge in [0.05, 0.1) is 11.1 Å². The summed E-state index contributed by atoms with van der Waals surface area (Å²) in [5, 5.41) is 3.02. The molecule has 0 unspecified atom stereocenters. The Hall–Kier alpha value is -5.36. The summed E-state index contributed by atoms with van der Waals surface area (Å²) in [6, 6.07) is 40.1. The number of carbonyl (C=O) groups is 2. The molecule has 0 aliphatic rings. The molecule has 6 nitrogen and oxygen atoms in total. The van der Waals surface area contributed by atoms with Gasteiger partial charge in [-0.1, -0.05) is 117 Å². The maximum Gasteiger partial charge on any atom is 0.338 e. The van der Waals surface area contributed by atoms with E-state index < -0.39 is 5.97 Å². The highest BCUT2D eigenvalue weighted by Crippen LogP contribution is 2.35. The Morgan fingerprint density at radius 2 is 1.11 bits per heavy atom. The minimum absolute atomic E-state index is 0.111. The highest BCUT2D eigenvalue weighted by Gasteiger charge is 2.20. The fourth-order valence-corrected chi connectivity index (χ4v) is 4.76. The summed E-state index contributed by atoms with van der Waals surface area (Å²) in [7, 11) is 0. The third-order valence-electron chi connectivity index (χ3n) is 7.31. The second-order valence-corrected chi connectivity index (χ2v) is 11.0. The van der Waals surface area contributed by atoms with E-state index in [1.807, 2.05) is 115 Å². The van der Waals surface area contributed by atoms with Crippen molar-refractivity contribution in [2.75, 3.05) is 0 Å². The van der Waals surface area contributed by atoms with Crippen LogP contribution < -0.4 is 14.8 Å². The lowest BCUT2D eigenvalue weighted by Gasteiger charge is -2.19. The molecule has 5 aromatic rings. The number of hydrogen-bond acceptors (Lipinski definition) is 5. The first-order chi connectivity index (χ1) is 22.0. The summed E-state index contributed by atoms with van der Waals surface area (Å²) in [5.74, 6) is 0.578. The van der Waals surface area contributed by atoms with Crippen LogP contribution in [0.2, 0.25) is 0 Å². The van der Waals surface area contributed by atoms with Crippen LogP contribution in [0, 0.1) is 0 Å². The van der Waals surface area contributed by atoms with E-state index in [1.54, 1.807) is 12.1 Å². The minimum Gasteiger partial charge on any atom is -0.488 e. The molecule has 0 atom stereocenters. The van der Waals surface area contributed by atoms with E-state index in [2.05, 4.69) is 19.2 Å². The molecular weight excluding hydrogens is 562 g/mol. The Balaban J connectivity index is 1.29. The largest absolute Gasteiger partial charge is 0.488 e. The Labute approximate surface area is 264 Å². The Morgan fingerprint density at radius 3 is 1.64 bits per heavy atom. The summed E-state index contributed by atoms with van der Waals surface area (Å²) in [6.07, 6.45) is 0. The van der Waals surface area contributed by atoms with Crippen molar-refractivity contribution in [3.8, 4) is 11.5 Å². The normalized spacial score (nSPS) is 10.7. The van der Waals surface area contributed by atoms with E-state index in [4.69, 9.17) is 14.2 Å².